The van der Waals surface area contributed by atoms with E-state index in [1.165, 1.54) is 12.7 Å². The van der Waals surface area contributed by atoms with E-state index in [1.54, 1.807) is 12.1 Å². The number of amides is 1. The van der Waals surface area contributed by atoms with Gasteiger partial charge in [-0.3, -0.25) is 0 Å². The first kappa shape index (κ1) is 22.1. The highest BCUT2D eigenvalue weighted by molar-refractivity contribution is 7.90. The van der Waals surface area contributed by atoms with Crippen LogP contribution in [0.1, 0.15) is 45.6 Å². The minimum absolute atomic E-state index is 0.200. The van der Waals surface area contributed by atoms with Crippen LogP contribution in [0.5, 0.6) is 0 Å². The van der Waals surface area contributed by atoms with Crippen LogP contribution in [0, 0.1) is 17.8 Å². The maximum Gasteiger partial charge on any atom is 0.410 e. The van der Waals surface area contributed by atoms with Crippen molar-refractivity contribution in [3.05, 3.63) is 29.8 Å². The first-order valence-electron chi connectivity index (χ1n) is 10.4. The van der Waals surface area contributed by atoms with Crippen LogP contribution < -0.4 is 0 Å². The number of benzene rings is 1. The largest absolute Gasteiger partial charge is 0.444 e. The van der Waals surface area contributed by atoms with Gasteiger partial charge in [-0.25, -0.2) is 13.2 Å². The van der Waals surface area contributed by atoms with Crippen LogP contribution in [0.25, 0.3) is 0 Å². The summed E-state index contributed by atoms with van der Waals surface area (Å²) in [6.45, 7) is 8.48. The number of sulfone groups is 1. The number of carbonyl (C=O) groups is 1. The average molecular weight is 424 g/mol. The second-order valence-corrected chi connectivity index (χ2v) is 11.4. The summed E-state index contributed by atoms with van der Waals surface area (Å²) in [5, 5.41) is 0. The van der Waals surface area contributed by atoms with Gasteiger partial charge in [-0.05, 0) is 75.5 Å². The molecule has 162 valence electrons. The van der Waals surface area contributed by atoms with Crippen LogP contribution in [0.3, 0.4) is 0 Å². The van der Waals surface area contributed by atoms with Crippen molar-refractivity contribution in [2.24, 2.45) is 17.8 Å². The van der Waals surface area contributed by atoms with Gasteiger partial charge >= 0.3 is 6.09 Å². The molecule has 0 aromatic heterocycles. The molecule has 29 heavy (non-hydrogen) atoms. The molecule has 1 saturated carbocycles. The van der Waals surface area contributed by atoms with Gasteiger partial charge in [0.2, 0.25) is 0 Å². The first-order valence-corrected chi connectivity index (χ1v) is 12.3. The summed E-state index contributed by atoms with van der Waals surface area (Å²) in [5.41, 5.74) is 0.540. The number of piperidine rings is 1. The van der Waals surface area contributed by atoms with Gasteiger partial charge in [0, 0.05) is 19.3 Å². The number of likely N-dealkylation sites (tertiary alicyclic amines) is 1. The molecule has 2 aliphatic rings. The molecule has 1 aliphatic heterocycles. The molecule has 2 atom stereocenters. The Morgan fingerprint density at radius 3 is 2.31 bits per heavy atom. The highest BCUT2D eigenvalue weighted by Gasteiger charge is 2.44. The minimum atomic E-state index is -3.16. The Labute approximate surface area is 174 Å². The van der Waals surface area contributed by atoms with Crippen LogP contribution in [0.15, 0.2) is 29.2 Å². The van der Waals surface area contributed by atoms with E-state index in [4.69, 9.17) is 9.47 Å². The zero-order chi connectivity index (χ0) is 21.2. The van der Waals surface area contributed by atoms with Gasteiger partial charge in [-0.2, -0.15) is 0 Å². The molecule has 1 aliphatic carbocycles. The van der Waals surface area contributed by atoms with Gasteiger partial charge in [0.1, 0.15) is 5.60 Å². The third-order valence-corrected chi connectivity index (χ3v) is 6.85. The van der Waals surface area contributed by atoms with Crippen LogP contribution in [0.4, 0.5) is 4.79 Å². The van der Waals surface area contributed by atoms with E-state index in [0.717, 1.165) is 38.1 Å². The Kier molecular flexibility index (Phi) is 6.58. The summed E-state index contributed by atoms with van der Waals surface area (Å²) in [4.78, 5) is 14.3. The van der Waals surface area contributed by atoms with E-state index in [2.05, 4.69) is 0 Å². The molecular weight excluding hydrogens is 390 g/mol. The predicted molar refractivity (Wildman–Crippen MR) is 111 cm³/mol. The van der Waals surface area contributed by atoms with Gasteiger partial charge in [-0.15, -0.1) is 0 Å². The lowest BCUT2D eigenvalue weighted by atomic mass is 9.91. The Hall–Kier alpha value is -1.60. The van der Waals surface area contributed by atoms with E-state index in [0.29, 0.717) is 29.3 Å². The molecule has 7 heteroatoms. The maximum atomic E-state index is 12.2. The van der Waals surface area contributed by atoms with Crippen molar-refractivity contribution >= 4 is 15.9 Å². The molecule has 0 radical (unpaired) electrons. The second-order valence-electron chi connectivity index (χ2n) is 9.40. The standard InChI is InChI=1S/C22H33NO5S/c1-22(2,3)28-21(24)23-11-9-17(10-12-23)20-13-18(20)15-27-14-16-5-7-19(8-6-16)29(4,25)26/h5-8,17-18,20H,9-15H2,1-4H3. The third kappa shape index (κ3) is 6.44. The van der Waals surface area contributed by atoms with Gasteiger partial charge < -0.3 is 14.4 Å². The summed E-state index contributed by atoms with van der Waals surface area (Å²) in [6.07, 6.45) is 4.28. The molecule has 1 amide bonds. The van der Waals surface area contributed by atoms with E-state index < -0.39 is 15.4 Å². The highest BCUT2D eigenvalue weighted by atomic mass is 32.2. The molecule has 1 heterocycles. The summed E-state index contributed by atoms with van der Waals surface area (Å²) in [5.74, 6) is 1.96. The van der Waals surface area contributed by atoms with E-state index in [-0.39, 0.29) is 6.09 Å². The average Bonchev–Trinajstić information content (AvgIpc) is 3.40. The molecule has 0 N–H and O–H groups in total. The summed E-state index contributed by atoms with van der Waals surface area (Å²) in [7, 11) is -3.16. The van der Waals surface area contributed by atoms with Crippen molar-refractivity contribution in [3.8, 4) is 0 Å². The number of carbonyl (C=O) groups excluding carboxylic acids is 1. The fraction of sp³-hybridized carbons (Fsp3) is 0.682. The molecule has 1 saturated heterocycles. The van der Waals surface area contributed by atoms with Gasteiger partial charge in [-0.1, -0.05) is 12.1 Å². The van der Waals surface area contributed by atoms with Crippen molar-refractivity contribution in [1.29, 1.82) is 0 Å². The second kappa shape index (κ2) is 8.64. The number of ether oxygens (including phenoxy) is 2. The van der Waals surface area contributed by atoms with Gasteiger partial charge in [0.05, 0.1) is 18.1 Å². The molecule has 2 unspecified atom stereocenters. The highest BCUT2D eigenvalue weighted by Crippen LogP contribution is 2.48. The lowest BCUT2D eigenvalue weighted by Crippen LogP contribution is -2.42. The normalized spacial score (nSPS) is 23.1. The van der Waals surface area contributed by atoms with Crippen molar-refractivity contribution in [3.63, 3.8) is 0 Å². The van der Waals surface area contributed by atoms with E-state index >= 15 is 0 Å². The zero-order valence-corrected chi connectivity index (χ0v) is 18.7. The lowest BCUT2D eigenvalue weighted by Gasteiger charge is -2.33. The molecule has 2 fully saturated rings. The molecule has 6 nitrogen and oxygen atoms in total. The van der Waals surface area contributed by atoms with Crippen molar-refractivity contribution in [2.45, 2.75) is 57.1 Å². The van der Waals surface area contributed by atoms with Crippen molar-refractivity contribution < 1.29 is 22.7 Å². The van der Waals surface area contributed by atoms with E-state index in [1.807, 2.05) is 37.8 Å². The third-order valence-electron chi connectivity index (χ3n) is 5.73. The van der Waals surface area contributed by atoms with Gasteiger partial charge in [0.15, 0.2) is 9.84 Å². The van der Waals surface area contributed by atoms with Crippen molar-refractivity contribution in [2.75, 3.05) is 26.0 Å². The maximum absolute atomic E-state index is 12.2. The number of nitrogens with zero attached hydrogens (tertiary/aromatic N) is 1. The fourth-order valence-electron chi connectivity index (χ4n) is 4.04. The number of hydrogen-bond donors (Lipinski definition) is 0. The summed E-state index contributed by atoms with van der Waals surface area (Å²) >= 11 is 0. The topological polar surface area (TPSA) is 72.9 Å². The summed E-state index contributed by atoms with van der Waals surface area (Å²) in [6, 6.07) is 6.89. The zero-order valence-electron chi connectivity index (χ0n) is 17.9. The van der Waals surface area contributed by atoms with Crippen LogP contribution in [0.2, 0.25) is 0 Å². The van der Waals surface area contributed by atoms with Crippen LogP contribution in [-0.2, 0) is 25.9 Å². The van der Waals surface area contributed by atoms with E-state index in [9.17, 15) is 13.2 Å². The number of rotatable bonds is 6. The quantitative estimate of drug-likeness (QED) is 0.694. The fourth-order valence-corrected chi connectivity index (χ4v) is 4.67. The monoisotopic (exact) mass is 423 g/mol. The van der Waals surface area contributed by atoms with Gasteiger partial charge in [0.25, 0.3) is 0 Å². The lowest BCUT2D eigenvalue weighted by molar-refractivity contribution is 0.0170. The molecule has 1 aromatic carbocycles. The Bertz CT molecular complexity index is 805. The first-order chi connectivity index (χ1) is 13.5. The molecule has 0 bridgehead atoms. The Morgan fingerprint density at radius 1 is 1.14 bits per heavy atom. The number of hydrogen-bond acceptors (Lipinski definition) is 5. The Morgan fingerprint density at radius 2 is 1.76 bits per heavy atom. The van der Waals surface area contributed by atoms with Crippen molar-refractivity contribution in [1.82, 2.24) is 4.90 Å². The molecule has 1 aromatic rings. The van der Waals surface area contributed by atoms with Crippen LogP contribution >= 0.6 is 0 Å². The van der Waals surface area contributed by atoms with Crippen LogP contribution in [-0.4, -0.2) is 51.0 Å². The molecule has 0 spiro atoms. The molecular formula is C22H33NO5S. The summed E-state index contributed by atoms with van der Waals surface area (Å²) < 4.78 is 34.3. The molecule has 3 rings (SSSR count). The smallest absolute Gasteiger partial charge is 0.410 e. The SMILES string of the molecule is CC(C)(C)OC(=O)N1CCC(C2CC2COCc2ccc(S(C)(=O)=O)cc2)CC1. The predicted octanol–water partition coefficient (Wildman–Crippen LogP) is 3.89. The minimum Gasteiger partial charge on any atom is -0.444 e. The Balaban J connectivity index is 1.35.